The van der Waals surface area contributed by atoms with Crippen molar-refractivity contribution in [2.45, 2.75) is 39.0 Å². The number of nitriles is 2. The van der Waals surface area contributed by atoms with Crippen LogP contribution >= 0.6 is 11.8 Å². The Morgan fingerprint density at radius 1 is 1.20 bits per heavy atom. The summed E-state index contributed by atoms with van der Waals surface area (Å²) in [7, 11) is 1.22. The van der Waals surface area contributed by atoms with E-state index in [1.165, 1.54) is 18.9 Å². The molecule has 0 aliphatic heterocycles. The lowest BCUT2D eigenvalue weighted by atomic mass is 9.88. The van der Waals surface area contributed by atoms with E-state index in [-0.39, 0.29) is 23.7 Å². The molecule has 0 spiro atoms. The first kappa shape index (κ1) is 20.8. The Hall–Kier alpha value is -2.25. The molecule has 0 bridgehead atoms. The summed E-state index contributed by atoms with van der Waals surface area (Å²) in [6.45, 7) is 1.86. The predicted octanol–water partition coefficient (Wildman–Crippen LogP) is 3.26. The van der Waals surface area contributed by atoms with E-state index in [0.717, 1.165) is 19.3 Å². The first-order chi connectivity index (χ1) is 12.0. The Kier molecular flexibility index (Phi) is 8.80. The van der Waals surface area contributed by atoms with E-state index in [2.05, 4.69) is 0 Å². The first-order valence-electron chi connectivity index (χ1n) is 8.12. The Bertz CT molecular complexity index is 668. The third kappa shape index (κ3) is 5.11. The number of hydrogen-bond donors (Lipinski definition) is 0. The van der Waals surface area contributed by atoms with Gasteiger partial charge in [-0.1, -0.05) is 12.8 Å². The van der Waals surface area contributed by atoms with E-state index >= 15 is 0 Å². The second-order valence-electron chi connectivity index (χ2n) is 5.43. The monoisotopic (exact) mass is 362 g/mol. The lowest BCUT2D eigenvalue weighted by Gasteiger charge is -2.22. The van der Waals surface area contributed by atoms with Gasteiger partial charge in [-0.2, -0.15) is 10.5 Å². The van der Waals surface area contributed by atoms with E-state index in [9.17, 15) is 20.1 Å². The van der Waals surface area contributed by atoms with Gasteiger partial charge in [0.1, 0.15) is 23.3 Å². The van der Waals surface area contributed by atoms with Crippen LogP contribution in [-0.2, 0) is 19.1 Å². The Balaban J connectivity index is 3.56. The summed E-state index contributed by atoms with van der Waals surface area (Å²) in [4.78, 5) is 24.7. The second-order valence-corrected chi connectivity index (χ2v) is 6.28. The Morgan fingerprint density at radius 3 is 2.44 bits per heavy atom. The van der Waals surface area contributed by atoms with Gasteiger partial charge in [-0.05, 0) is 38.0 Å². The van der Waals surface area contributed by atoms with Crippen LogP contribution in [0.2, 0.25) is 0 Å². The van der Waals surface area contributed by atoms with E-state index < -0.39 is 11.9 Å². The molecule has 0 N–H and O–H groups in total. The van der Waals surface area contributed by atoms with Gasteiger partial charge >= 0.3 is 11.9 Å². The van der Waals surface area contributed by atoms with Gasteiger partial charge in [-0.25, -0.2) is 9.59 Å². The minimum absolute atomic E-state index is 0.0116. The molecule has 1 aliphatic carbocycles. The SMILES string of the molecule is CCOC(=O)C(C#N)=C1CCCCCC1C(SC)=C(C#N)C(=O)OC. The van der Waals surface area contributed by atoms with Crippen LogP contribution < -0.4 is 0 Å². The minimum Gasteiger partial charge on any atom is -0.465 e. The van der Waals surface area contributed by atoms with Crippen LogP contribution in [0.1, 0.15) is 39.0 Å². The molecule has 1 saturated carbocycles. The van der Waals surface area contributed by atoms with Gasteiger partial charge in [-0.15, -0.1) is 11.8 Å². The number of allylic oxidation sites excluding steroid dienone is 2. The first-order valence-corrected chi connectivity index (χ1v) is 9.34. The van der Waals surface area contributed by atoms with Crippen LogP contribution in [0.25, 0.3) is 0 Å². The minimum atomic E-state index is -0.704. The van der Waals surface area contributed by atoms with Crippen molar-refractivity contribution in [3.63, 3.8) is 0 Å². The molecule has 0 heterocycles. The maximum atomic E-state index is 12.2. The molecule has 0 amide bonds. The molecule has 0 saturated heterocycles. The highest BCUT2D eigenvalue weighted by Gasteiger charge is 2.31. The highest BCUT2D eigenvalue weighted by Crippen LogP contribution is 2.41. The zero-order chi connectivity index (χ0) is 18.8. The van der Waals surface area contributed by atoms with Crippen LogP contribution in [0.4, 0.5) is 0 Å². The average molecular weight is 362 g/mol. The number of ether oxygens (including phenoxy) is 2. The van der Waals surface area contributed by atoms with Crippen molar-refractivity contribution in [2.24, 2.45) is 5.92 Å². The van der Waals surface area contributed by atoms with Crippen molar-refractivity contribution in [2.75, 3.05) is 20.0 Å². The summed E-state index contributed by atoms with van der Waals surface area (Å²) in [5.74, 6) is -1.68. The smallest absolute Gasteiger partial charge is 0.349 e. The van der Waals surface area contributed by atoms with E-state index in [1.54, 1.807) is 13.2 Å². The number of thioether (sulfide) groups is 1. The molecule has 134 valence electrons. The van der Waals surface area contributed by atoms with Crippen LogP contribution in [0, 0.1) is 28.6 Å². The topological polar surface area (TPSA) is 100 Å². The summed E-state index contributed by atoms with van der Waals surface area (Å²) in [5, 5.41) is 18.9. The molecule has 1 aliphatic rings. The van der Waals surface area contributed by atoms with Crippen molar-refractivity contribution in [1.29, 1.82) is 10.5 Å². The molecule has 1 atom stereocenters. The molecule has 0 radical (unpaired) electrons. The van der Waals surface area contributed by atoms with Gasteiger partial charge in [0.05, 0.1) is 13.7 Å². The van der Waals surface area contributed by atoms with Gasteiger partial charge in [0.15, 0.2) is 0 Å². The molecular weight excluding hydrogens is 340 g/mol. The van der Waals surface area contributed by atoms with Crippen LogP contribution in [-0.4, -0.2) is 31.9 Å². The van der Waals surface area contributed by atoms with Gasteiger partial charge in [0.2, 0.25) is 0 Å². The number of methoxy groups -OCH3 is 1. The van der Waals surface area contributed by atoms with E-state index in [1.807, 2.05) is 12.1 Å². The molecule has 6 nitrogen and oxygen atoms in total. The number of rotatable bonds is 5. The van der Waals surface area contributed by atoms with Crippen molar-refractivity contribution in [3.05, 3.63) is 21.6 Å². The normalized spacial score (nSPS) is 20.3. The number of esters is 2. The van der Waals surface area contributed by atoms with Gasteiger partial charge < -0.3 is 9.47 Å². The highest BCUT2D eigenvalue weighted by atomic mass is 32.2. The Labute approximate surface area is 152 Å². The summed E-state index contributed by atoms with van der Waals surface area (Å²) in [5.41, 5.74) is 0.572. The van der Waals surface area contributed by atoms with Crippen molar-refractivity contribution in [3.8, 4) is 12.1 Å². The second kappa shape index (κ2) is 10.6. The molecule has 0 aromatic heterocycles. The average Bonchev–Trinajstić information content (AvgIpc) is 2.86. The van der Waals surface area contributed by atoms with Crippen LogP contribution in [0.15, 0.2) is 21.6 Å². The maximum Gasteiger partial charge on any atom is 0.349 e. The zero-order valence-corrected chi connectivity index (χ0v) is 15.6. The van der Waals surface area contributed by atoms with Gasteiger partial charge in [0, 0.05) is 10.8 Å². The number of carbonyl (C=O) groups is 2. The summed E-state index contributed by atoms with van der Waals surface area (Å²) >= 11 is 1.28. The van der Waals surface area contributed by atoms with Crippen molar-refractivity contribution in [1.82, 2.24) is 0 Å². The zero-order valence-electron chi connectivity index (χ0n) is 14.8. The van der Waals surface area contributed by atoms with Gasteiger partial charge in [-0.3, -0.25) is 0 Å². The van der Waals surface area contributed by atoms with Crippen molar-refractivity contribution < 1.29 is 19.1 Å². The number of hydrogen-bond acceptors (Lipinski definition) is 7. The number of nitrogens with zero attached hydrogens (tertiary/aromatic N) is 2. The molecule has 1 fully saturated rings. The molecule has 7 heteroatoms. The summed E-state index contributed by atoms with van der Waals surface area (Å²) in [6, 6.07) is 3.88. The Morgan fingerprint density at radius 2 is 1.92 bits per heavy atom. The number of carbonyl (C=O) groups excluding carboxylic acids is 2. The summed E-state index contributed by atoms with van der Waals surface area (Å²) < 4.78 is 9.72. The molecule has 1 unspecified atom stereocenters. The predicted molar refractivity (Wildman–Crippen MR) is 94.0 cm³/mol. The van der Waals surface area contributed by atoms with Crippen molar-refractivity contribution >= 4 is 23.7 Å². The fourth-order valence-electron chi connectivity index (χ4n) is 2.95. The maximum absolute atomic E-state index is 12.2. The third-order valence-corrected chi connectivity index (χ3v) is 4.98. The van der Waals surface area contributed by atoms with E-state index in [0.29, 0.717) is 23.3 Å². The molecule has 1 rings (SSSR count). The third-order valence-electron chi connectivity index (χ3n) is 4.06. The molecule has 0 aromatic carbocycles. The fourth-order valence-corrected chi connectivity index (χ4v) is 3.83. The highest BCUT2D eigenvalue weighted by molar-refractivity contribution is 8.02. The van der Waals surface area contributed by atoms with Crippen LogP contribution in [0.3, 0.4) is 0 Å². The molecule has 0 aromatic rings. The van der Waals surface area contributed by atoms with Crippen LogP contribution in [0.5, 0.6) is 0 Å². The quantitative estimate of drug-likeness (QED) is 0.320. The largest absolute Gasteiger partial charge is 0.465 e. The summed E-state index contributed by atoms with van der Waals surface area (Å²) in [6.07, 6.45) is 5.70. The fraction of sp³-hybridized carbons (Fsp3) is 0.556. The van der Waals surface area contributed by atoms with E-state index in [4.69, 9.17) is 9.47 Å². The lowest BCUT2D eigenvalue weighted by Crippen LogP contribution is -2.17. The molecular formula is C18H22N2O4S. The molecule has 25 heavy (non-hydrogen) atoms. The standard InChI is InChI=1S/C18H22N2O4S/c1-4-24-18(22)14(10-19)12-8-6-5-7-9-13(12)16(25-3)15(11-20)17(21)23-2/h13H,4-9H2,1-3H3. The lowest BCUT2D eigenvalue weighted by molar-refractivity contribution is -0.138. The van der Waals surface area contributed by atoms with Gasteiger partial charge in [0.25, 0.3) is 0 Å².